The molecule has 1 atom stereocenters. The van der Waals surface area contributed by atoms with Crippen molar-refractivity contribution in [2.24, 2.45) is 10.4 Å². The van der Waals surface area contributed by atoms with Crippen molar-refractivity contribution in [2.75, 3.05) is 33.4 Å². The van der Waals surface area contributed by atoms with Gasteiger partial charge >= 0.3 is 6.18 Å². The molecule has 0 bridgehead atoms. The van der Waals surface area contributed by atoms with Gasteiger partial charge in [-0.3, -0.25) is 4.99 Å². The molecule has 1 N–H and O–H groups in total. The number of nitrogens with one attached hydrogen (secondary N) is 1. The zero-order valence-electron chi connectivity index (χ0n) is 18.5. The number of halogens is 4. The zero-order chi connectivity index (χ0) is 22.2. The van der Waals surface area contributed by atoms with Crippen molar-refractivity contribution in [1.82, 2.24) is 20.0 Å². The molecule has 2 saturated heterocycles. The van der Waals surface area contributed by atoms with Gasteiger partial charge in [-0.1, -0.05) is 6.07 Å². The highest BCUT2D eigenvalue weighted by molar-refractivity contribution is 14.0. The van der Waals surface area contributed by atoms with Crippen LogP contribution >= 0.6 is 24.0 Å². The van der Waals surface area contributed by atoms with Crippen molar-refractivity contribution in [3.63, 3.8) is 0 Å². The number of aliphatic imine (C=N–C) groups is 1. The van der Waals surface area contributed by atoms with Gasteiger partial charge in [-0.25, -0.2) is 4.68 Å². The van der Waals surface area contributed by atoms with E-state index in [0.717, 1.165) is 50.5 Å². The summed E-state index contributed by atoms with van der Waals surface area (Å²) in [5.74, 6) is 0.625. The fourth-order valence-corrected chi connectivity index (χ4v) is 4.60. The third kappa shape index (κ3) is 5.05. The summed E-state index contributed by atoms with van der Waals surface area (Å²) >= 11 is 0. The number of aromatic nitrogens is 2. The molecule has 2 aliphatic heterocycles. The summed E-state index contributed by atoms with van der Waals surface area (Å²) in [5, 5.41) is 7.44. The Kier molecular flexibility index (Phi) is 7.43. The van der Waals surface area contributed by atoms with E-state index in [4.69, 9.17) is 4.74 Å². The number of ether oxygens (including phenoxy) is 1. The molecule has 6 nitrogen and oxygen atoms in total. The van der Waals surface area contributed by atoms with Crippen molar-refractivity contribution < 1.29 is 17.9 Å². The molecule has 32 heavy (non-hydrogen) atoms. The average molecular weight is 563 g/mol. The lowest BCUT2D eigenvalue weighted by molar-refractivity contribution is -0.138. The fourth-order valence-electron chi connectivity index (χ4n) is 4.60. The molecular weight excluding hydrogens is 534 g/mol. The van der Waals surface area contributed by atoms with Crippen molar-refractivity contribution in [3.8, 4) is 5.69 Å². The predicted octanol–water partition coefficient (Wildman–Crippen LogP) is 4.31. The van der Waals surface area contributed by atoms with Gasteiger partial charge in [0.25, 0.3) is 0 Å². The summed E-state index contributed by atoms with van der Waals surface area (Å²) < 4.78 is 48.6. The number of alkyl halides is 3. The maximum Gasteiger partial charge on any atom is 0.416 e. The van der Waals surface area contributed by atoms with Gasteiger partial charge in [-0.05, 0) is 50.5 Å². The molecule has 0 radical (unpaired) electrons. The van der Waals surface area contributed by atoms with Gasteiger partial charge in [0.2, 0.25) is 0 Å². The average Bonchev–Trinajstić information content (AvgIpc) is 3.43. The largest absolute Gasteiger partial charge is 0.416 e. The highest BCUT2D eigenvalue weighted by Crippen LogP contribution is 2.38. The zero-order valence-corrected chi connectivity index (χ0v) is 20.8. The Morgan fingerprint density at radius 1 is 1.25 bits per heavy atom. The van der Waals surface area contributed by atoms with Crippen LogP contribution in [-0.4, -0.2) is 54.0 Å². The number of benzene rings is 1. The Hall–Kier alpha value is -1.82. The molecule has 3 heterocycles. The summed E-state index contributed by atoms with van der Waals surface area (Å²) in [5.41, 5.74) is 1.61. The lowest BCUT2D eigenvalue weighted by atomic mass is 9.87. The maximum absolute atomic E-state index is 13.8. The minimum absolute atomic E-state index is 0. The first-order valence-electron chi connectivity index (χ1n) is 10.5. The van der Waals surface area contributed by atoms with Crippen LogP contribution in [0.1, 0.15) is 35.4 Å². The normalized spacial score (nSPS) is 21.3. The van der Waals surface area contributed by atoms with Crippen LogP contribution in [0.4, 0.5) is 13.2 Å². The molecule has 0 saturated carbocycles. The van der Waals surface area contributed by atoms with Gasteiger partial charge in [0, 0.05) is 44.4 Å². The standard InChI is InChI=1S/C22H28F3N5O.HI/c1-15-10-16(2)30(28-15)18-5-4-17(19(11-18)22(23,24)25)12-27-20(26-3)29-8-6-21(13-29)7-9-31-14-21;/h4-5,10-11H,6-9,12-14H2,1-3H3,(H,26,27);1H. The molecule has 10 heteroatoms. The first-order chi connectivity index (χ1) is 14.7. The summed E-state index contributed by atoms with van der Waals surface area (Å²) in [6.45, 7) is 6.84. The fraction of sp³-hybridized carbons (Fsp3) is 0.545. The molecule has 2 aliphatic rings. The smallest absolute Gasteiger partial charge is 0.381 e. The lowest BCUT2D eigenvalue weighted by Gasteiger charge is -2.25. The van der Waals surface area contributed by atoms with E-state index in [-0.39, 0.29) is 41.5 Å². The highest BCUT2D eigenvalue weighted by atomic mass is 127. The van der Waals surface area contributed by atoms with Crippen molar-refractivity contribution in [3.05, 3.63) is 46.8 Å². The third-order valence-corrected chi connectivity index (χ3v) is 6.22. The second-order valence-corrected chi connectivity index (χ2v) is 8.55. The Bertz CT molecular complexity index is 982. The molecular formula is C22H29F3IN5O. The van der Waals surface area contributed by atoms with Crippen LogP contribution in [0.25, 0.3) is 5.69 Å². The van der Waals surface area contributed by atoms with E-state index in [9.17, 15) is 13.2 Å². The number of hydrogen-bond acceptors (Lipinski definition) is 3. The number of hydrogen-bond donors (Lipinski definition) is 1. The van der Waals surface area contributed by atoms with Crippen LogP contribution < -0.4 is 5.32 Å². The van der Waals surface area contributed by atoms with Gasteiger partial charge in [0.15, 0.2) is 5.96 Å². The molecule has 1 aromatic carbocycles. The molecule has 1 unspecified atom stereocenters. The van der Waals surface area contributed by atoms with Crippen LogP contribution in [0.15, 0.2) is 29.3 Å². The number of guanidine groups is 1. The summed E-state index contributed by atoms with van der Waals surface area (Å²) in [7, 11) is 1.66. The van der Waals surface area contributed by atoms with Crippen molar-refractivity contribution >= 4 is 29.9 Å². The van der Waals surface area contributed by atoms with E-state index in [1.807, 2.05) is 19.9 Å². The Balaban J connectivity index is 0.00000289. The molecule has 4 rings (SSSR count). The van der Waals surface area contributed by atoms with E-state index in [1.54, 1.807) is 13.1 Å². The van der Waals surface area contributed by atoms with Gasteiger partial charge in [0.05, 0.1) is 23.6 Å². The molecule has 0 amide bonds. The Labute approximate surface area is 203 Å². The number of rotatable bonds is 3. The third-order valence-electron chi connectivity index (χ3n) is 6.22. The minimum atomic E-state index is -4.47. The number of nitrogens with zero attached hydrogens (tertiary/aromatic N) is 4. The summed E-state index contributed by atoms with van der Waals surface area (Å²) in [4.78, 5) is 6.42. The molecule has 2 fully saturated rings. The van der Waals surface area contributed by atoms with Crippen LogP contribution in [0.5, 0.6) is 0 Å². The van der Waals surface area contributed by atoms with Gasteiger partial charge in [-0.2, -0.15) is 18.3 Å². The molecule has 1 spiro atoms. The second-order valence-electron chi connectivity index (χ2n) is 8.55. The maximum atomic E-state index is 13.8. The number of aryl methyl sites for hydroxylation is 2. The number of likely N-dealkylation sites (tertiary alicyclic amines) is 1. The van der Waals surface area contributed by atoms with Crippen molar-refractivity contribution in [1.29, 1.82) is 0 Å². The second kappa shape index (κ2) is 9.58. The monoisotopic (exact) mass is 563 g/mol. The van der Waals surface area contributed by atoms with Gasteiger partial charge in [-0.15, -0.1) is 24.0 Å². The van der Waals surface area contributed by atoms with E-state index >= 15 is 0 Å². The first-order valence-corrected chi connectivity index (χ1v) is 10.5. The van der Waals surface area contributed by atoms with Gasteiger partial charge in [0.1, 0.15) is 0 Å². The van der Waals surface area contributed by atoms with Crippen LogP contribution in [0.3, 0.4) is 0 Å². The summed E-state index contributed by atoms with van der Waals surface area (Å²) in [6.07, 6.45) is -2.43. The molecule has 2 aromatic rings. The van der Waals surface area contributed by atoms with Crippen molar-refractivity contribution in [2.45, 2.75) is 39.4 Å². The molecule has 0 aliphatic carbocycles. The SMILES string of the molecule is CN=C(NCc1ccc(-n2nc(C)cc2C)cc1C(F)(F)F)N1CCC2(CCOC2)C1.I. The first kappa shape index (κ1) is 24.8. The van der Waals surface area contributed by atoms with E-state index in [0.29, 0.717) is 11.6 Å². The summed E-state index contributed by atoms with van der Waals surface area (Å²) in [6, 6.07) is 6.20. The van der Waals surface area contributed by atoms with E-state index in [2.05, 4.69) is 20.3 Å². The van der Waals surface area contributed by atoms with E-state index in [1.165, 1.54) is 16.8 Å². The van der Waals surface area contributed by atoms with Crippen LogP contribution in [0, 0.1) is 19.3 Å². The topological polar surface area (TPSA) is 54.7 Å². The van der Waals surface area contributed by atoms with Crippen LogP contribution in [-0.2, 0) is 17.5 Å². The minimum Gasteiger partial charge on any atom is -0.381 e. The van der Waals surface area contributed by atoms with E-state index < -0.39 is 11.7 Å². The Morgan fingerprint density at radius 3 is 2.62 bits per heavy atom. The van der Waals surface area contributed by atoms with Gasteiger partial charge < -0.3 is 15.0 Å². The molecule has 176 valence electrons. The quantitative estimate of drug-likeness (QED) is 0.344. The molecule has 1 aromatic heterocycles. The predicted molar refractivity (Wildman–Crippen MR) is 128 cm³/mol. The lowest BCUT2D eigenvalue weighted by Crippen LogP contribution is -2.41. The Morgan fingerprint density at radius 2 is 2.03 bits per heavy atom. The highest BCUT2D eigenvalue weighted by Gasteiger charge is 2.42. The van der Waals surface area contributed by atoms with Crippen LogP contribution in [0.2, 0.25) is 0 Å².